The fourth-order valence-electron chi connectivity index (χ4n) is 1.84. The first-order valence-corrected chi connectivity index (χ1v) is 6.40. The van der Waals surface area contributed by atoms with Gasteiger partial charge in [0.25, 0.3) is 0 Å². The molecule has 0 aliphatic carbocycles. The molecule has 0 saturated carbocycles. The third-order valence-electron chi connectivity index (χ3n) is 3.07. The average Bonchev–Trinajstić information content (AvgIpc) is 2.47. The number of aryl methyl sites for hydroxylation is 2. The van der Waals surface area contributed by atoms with Crippen molar-refractivity contribution in [2.24, 2.45) is 0 Å². The Hall–Kier alpha value is -2.66. The molecule has 0 spiro atoms. The van der Waals surface area contributed by atoms with E-state index in [1.807, 2.05) is 56.3 Å². The van der Waals surface area contributed by atoms with Crippen LogP contribution in [0.1, 0.15) is 27.0 Å². The minimum Gasteiger partial charge on any atom is -0.288 e. The van der Waals surface area contributed by atoms with Crippen molar-refractivity contribution in [3.05, 3.63) is 76.4 Å². The van der Waals surface area contributed by atoms with E-state index in [2.05, 4.69) is 0 Å². The lowest BCUT2D eigenvalue weighted by Crippen LogP contribution is -2.01. The van der Waals surface area contributed by atoms with Gasteiger partial charge < -0.3 is 0 Å². The standard InChI is InChI=1S/C18H15NO/c1-13-3-7-15(8-4-13)11-17(12-19)18(20)16-9-5-14(2)6-10-16/h3-11H,1-2H3/b17-11+. The molecule has 2 aromatic carbocycles. The van der Waals surface area contributed by atoms with Gasteiger partial charge in [0.2, 0.25) is 5.78 Å². The van der Waals surface area contributed by atoms with Crippen LogP contribution in [-0.4, -0.2) is 5.78 Å². The molecule has 2 heteroatoms. The lowest BCUT2D eigenvalue weighted by molar-refractivity contribution is 0.104. The molecule has 0 N–H and O–H groups in total. The topological polar surface area (TPSA) is 40.9 Å². The molecule has 0 amide bonds. The number of hydrogen-bond acceptors (Lipinski definition) is 2. The Labute approximate surface area is 119 Å². The molecule has 0 aliphatic rings. The van der Waals surface area contributed by atoms with Gasteiger partial charge in [0.1, 0.15) is 11.6 Å². The number of hydrogen-bond donors (Lipinski definition) is 0. The number of nitriles is 1. The van der Waals surface area contributed by atoms with Crippen molar-refractivity contribution >= 4 is 11.9 Å². The predicted molar refractivity (Wildman–Crippen MR) is 80.3 cm³/mol. The van der Waals surface area contributed by atoms with Crippen LogP contribution in [0, 0.1) is 25.2 Å². The van der Waals surface area contributed by atoms with Gasteiger partial charge in [0.15, 0.2) is 0 Å². The molecule has 2 rings (SSSR count). The normalized spacial score (nSPS) is 10.9. The summed E-state index contributed by atoms with van der Waals surface area (Å²) in [6, 6.07) is 16.9. The van der Waals surface area contributed by atoms with Gasteiger partial charge in [-0.1, -0.05) is 59.7 Å². The SMILES string of the molecule is Cc1ccc(/C=C(\C#N)C(=O)c2ccc(C)cc2)cc1. The minimum absolute atomic E-state index is 0.151. The minimum atomic E-state index is -0.243. The molecule has 2 nitrogen and oxygen atoms in total. The van der Waals surface area contributed by atoms with Crippen molar-refractivity contribution < 1.29 is 4.79 Å². The third kappa shape index (κ3) is 3.21. The molecule has 98 valence electrons. The Balaban J connectivity index is 2.32. The van der Waals surface area contributed by atoms with Gasteiger partial charge in [0, 0.05) is 5.56 Å². The lowest BCUT2D eigenvalue weighted by atomic mass is 10.0. The van der Waals surface area contributed by atoms with E-state index in [9.17, 15) is 10.1 Å². The van der Waals surface area contributed by atoms with Crippen LogP contribution in [-0.2, 0) is 0 Å². The van der Waals surface area contributed by atoms with E-state index in [-0.39, 0.29) is 11.4 Å². The van der Waals surface area contributed by atoms with E-state index in [1.165, 1.54) is 0 Å². The summed E-state index contributed by atoms with van der Waals surface area (Å²) in [4.78, 5) is 12.3. The molecule has 0 radical (unpaired) electrons. The highest BCUT2D eigenvalue weighted by atomic mass is 16.1. The van der Waals surface area contributed by atoms with Gasteiger partial charge >= 0.3 is 0 Å². The zero-order chi connectivity index (χ0) is 14.5. The number of benzene rings is 2. The Morgan fingerprint density at radius 3 is 1.95 bits per heavy atom. The van der Waals surface area contributed by atoms with Crippen molar-refractivity contribution in [2.45, 2.75) is 13.8 Å². The van der Waals surface area contributed by atoms with Crippen molar-refractivity contribution in [1.82, 2.24) is 0 Å². The van der Waals surface area contributed by atoms with Gasteiger partial charge in [-0.15, -0.1) is 0 Å². The smallest absolute Gasteiger partial charge is 0.203 e. The number of carbonyl (C=O) groups excluding carboxylic acids is 1. The predicted octanol–water partition coefficient (Wildman–Crippen LogP) is 4.09. The Kier molecular flexibility index (Phi) is 4.12. The monoisotopic (exact) mass is 261 g/mol. The number of nitrogens with zero attached hydrogens (tertiary/aromatic N) is 1. The summed E-state index contributed by atoms with van der Waals surface area (Å²) in [7, 11) is 0. The quantitative estimate of drug-likeness (QED) is 0.474. The average molecular weight is 261 g/mol. The van der Waals surface area contributed by atoms with Crippen LogP contribution < -0.4 is 0 Å². The summed E-state index contributed by atoms with van der Waals surface area (Å²) >= 11 is 0. The number of ketones is 1. The maximum atomic E-state index is 12.3. The highest BCUT2D eigenvalue weighted by Crippen LogP contribution is 2.14. The summed E-state index contributed by atoms with van der Waals surface area (Å²) < 4.78 is 0. The van der Waals surface area contributed by atoms with Crippen LogP contribution in [0.2, 0.25) is 0 Å². The van der Waals surface area contributed by atoms with Gasteiger partial charge in [0.05, 0.1) is 0 Å². The van der Waals surface area contributed by atoms with Crippen LogP contribution >= 0.6 is 0 Å². The molecule has 0 aromatic heterocycles. The van der Waals surface area contributed by atoms with E-state index in [1.54, 1.807) is 18.2 Å². The summed E-state index contributed by atoms with van der Waals surface area (Å²) in [5.74, 6) is -0.243. The second kappa shape index (κ2) is 5.99. The zero-order valence-electron chi connectivity index (χ0n) is 11.6. The van der Waals surface area contributed by atoms with Crippen LogP contribution in [0.4, 0.5) is 0 Å². The van der Waals surface area contributed by atoms with Crippen molar-refractivity contribution in [2.75, 3.05) is 0 Å². The van der Waals surface area contributed by atoms with Crippen LogP contribution in [0.5, 0.6) is 0 Å². The van der Waals surface area contributed by atoms with Crippen molar-refractivity contribution in [3.63, 3.8) is 0 Å². The largest absolute Gasteiger partial charge is 0.288 e. The summed E-state index contributed by atoms with van der Waals surface area (Å²) in [6.45, 7) is 3.96. The third-order valence-corrected chi connectivity index (χ3v) is 3.07. The van der Waals surface area contributed by atoms with Gasteiger partial charge in [-0.25, -0.2) is 0 Å². The number of carbonyl (C=O) groups is 1. The fraction of sp³-hybridized carbons (Fsp3) is 0.111. The summed E-state index contributed by atoms with van der Waals surface area (Å²) in [6.07, 6.45) is 1.63. The number of Topliss-reactive ketones (excluding diaryl/α,β-unsaturated/α-hetero) is 1. The van der Waals surface area contributed by atoms with Crippen molar-refractivity contribution in [1.29, 1.82) is 5.26 Å². The first-order chi connectivity index (χ1) is 9.60. The van der Waals surface area contributed by atoms with Crippen LogP contribution in [0.25, 0.3) is 6.08 Å². The maximum Gasteiger partial charge on any atom is 0.203 e. The van der Waals surface area contributed by atoms with Crippen LogP contribution in [0.3, 0.4) is 0 Å². The fourth-order valence-corrected chi connectivity index (χ4v) is 1.84. The molecule has 0 heterocycles. The Morgan fingerprint density at radius 1 is 0.950 bits per heavy atom. The highest BCUT2D eigenvalue weighted by Gasteiger charge is 2.11. The van der Waals surface area contributed by atoms with E-state index < -0.39 is 0 Å². The lowest BCUT2D eigenvalue weighted by Gasteiger charge is -2.01. The molecule has 0 unspecified atom stereocenters. The maximum absolute atomic E-state index is 12.3. The summed E-state index contributed by atoms with van der Waals surface area (Å²) in [5, 5.41) is 9.19. The van der Waals surface area contributed by atoms with E-state index in [4.69, 9.17) is 0 Å². The molecule has 2 aromatic rings. The molecule has 0 aliphatic heterocycles. The number of allylic oxidation sites excluding steroid dienone is 1. The Bertz CT molecular complexity index is 686. The second-order valence-corrected chi connectivity index (χ2v) is 4.78. The molecule has 0 atom stereocenters. The Morgan fingerprint density at radius 2 is 1.45 bits per heavy atom. The van der Waals surface area contributed by atoms with Crippen LogP contribution in [0.15, 0.2) is 54.1 Å². The molecule has 0 saturated heterocycles. The zero-order valence-corrected chi connectivity index (χ0v) is 11.6. The first-order valence-electron chi connectivity index (χ1n) is 6.40. The molecule has 20 heavy (non-hydrogen) atoms. The van der Waals surface area contributed by atoms with E-state index >= 15 is 0 Å². The van der Waals surface area contributed by atoms with Gasteiger partial charge in [-0.05, 0) is 25.5 Å². The second-order valence-electron chi connectivity index (χ2n) is 4.78. The van der Waals surface area contributed by atoms with Gasteiger partial charge in [-0.3, -0.25) is 4.79 Å². The van der Waals surface area contributed by atoms with E-state index in [0.29, 0.717) is 5.56 Å². The molecule has 0 bridgehead atoms. The highest BCUT2D eigenvalue weighted by molar-refractivity contribution is 6.14. The number of rotatable bonds is 3. The molecular weight excluding hydrogens is 246 g/mol. The molecular formula is C18H15NO. The van der Waals surface area contributed by atoms with Gasteiger partial charge in [-0.2, -0.15) is 5.26 Å². The molecule has 0 fully saturated rings. The van der Waals surface area contributed by atoms with E-state index in [0.717, 1.165) is 16.7 Å². The first kappa shape index (κ1) is 13.8. The van der Waals surface area contributed by atoms with Crippen molar-refractivity contribution in [3.8, 4) is 6.07 Å². The summed E-state index contributed by atoms with van der Waals surface area (Å²) in [5.41, 5.74) is 3.77.